The largest absolute Gasteiger partial charge is 0.378 e. The van der Waals surface area contributed by atoms with Gasteiger partial charge in [0.05, 0.1) is 6.04 Å². The molecule has 1 nitrogen and oxygen atoms in total. The molecule has 0 bridgehead atoms. The van der Waals surface area contributed by atoms with Crippen LogP contribution in [0.1, 0.15) is 49.4 Å². The van der Waals surface area contributed by atoms with Crippen LogP contribution in [0.15, 0.2) is 48.5 Å². The summed E-state index contributed by atoms with van der Waals surface area (Å²) in [5.74, 6) is 0. The van der Waals surface area contributed by atoms with Gasteiger partial charge in [-0.3, -0.25) is 0 Å². The van der Waals surface area contributed by atoms with Crippen LogP contribution in [0.4, 0.5) is 5.69 Å². The van der Waals surface area contributed by atoms with Gasteiger partial charge in [-0.15, -0.1) is 0 Å². The van der Waals surface area contributed by atoms with E-state index >= 15 is 0 Å². The topological polar surface area (TPSA) is 12.0 Å². The summed E-state index contributed by atoms with van der Waals surface area (Å²) in [6, 6.07) is 15.1. The predicted octanol–water partition coefficient (Wildman–Crippen LogP) is 6.63. The van der Waals surface area contributed by atoms with Crippen molar-refractivity contribution < 1.29 is 0 Å². The number of aryl methyl sites for hydroxylation is 1. The molecule has 2 aromatic carbocycles. The average molecular weight is 314 g/mol. The first-order chi connectivity index (χ1) is 10.6. The van der Waals surface area contributed by atoms with Crippen molar-refractivity contribution in [1.82, 2.24) is 0 Å². The summed E-state index contributed by atoms with van der Waals surface area (Å²) < 4.78 is 0. The van der Waals surface area contributed by atoms with Crippen LogP contribution < -0.4 is 5.32 Å². The van der Waals surface area contributed by atoms with E-state index in [9.17, 15) is 0 Å². The maximum Gasteiger partial charge on any atom is 0.0511 e. The smallest absolute Gasteiger partial charge is 0.0511 e. The second kappa shape index (κ2) is 8.05. The predicted molar refractivity (Wildman–Crippen MR) is 98.6 cm³/mol. The third-order valence-electron chi connectivity index (χ3n) is 3.77. The van der Waals surface area contributed by atoms with Crippen LogP contribution in [0.25, 0.3) is 6.08 Å². The van der Waals surface area contributed by atoms with Gasteiger partial charge in [0.15, 0.2) is 0 Å². The number of hydrogen-bond acceptors (Lipinski definition) is 1. The van der Waals surface area contributed by atoms with Gasteiger partial charge < -0.3 is 5.32 Å². The minimum atomic E-state index is 0.293. The fourth-order valence-corrected chi connectivity index (χ4v) is 2.61. The van der Waals surface area contributed by atoms with Gasteiger partial charge in [-0.1, -0.05) is 61.9 Å². The number of allylic oxidation sites excluding steroid dienone is 1. The molecule has 2 rings (SSSR count). The van der Waals surface area contributed by atoms with Crippen LogP contribution in [0.3, 0.4) is 0 Å². The molecule has 22 heavy (non-hydrogen) atoms. The number of nitrogens with one attached hydrogen (secondary N) is 1. The minimum Gasteiger partial charge on any atom is -0.378 e. The van der Waals surface area contributed by atoms with E-state index in [1.165, 1.54) is 11.1 Å². The molecule has 0 aliphatic carbocycles. The number of halogens is 1. The highest BCUT2D eigenvalue weighted by molar-refractivity contribution is 6.31. The molecule has 1 unspecified atom stereocenters. The van der Waals surface area contributed by atoms with Crippen molar-refractivity contribution in [3.63, 3.8) is 0 Å². The second-order valence-electron chi connectivity index (χ2n) is 5.55. The highest BCUT2D eigenvalue weighted by Crippen LogP contribution is 2.26. The van der Waals surface area contributed by atoms with Gasteiger partial charge in [-0.25, -0.2) is 0 Å². The van der Waals surface area contributed by atoms with Crippen molar-refractivity contribution in [2.45, 2.75) is 39.7 Å². The standard InChI is InChI=1S/C20H24ClN/c1-4-6-8-16-9-7-10-18(14-16)22-20(5-2)17-11-12-19(21)15(3)13-17/h6-14,20,22H,4-5H2,1-3H3. The Morgan fingerprint density at radius 1 is 1.14 bits per heavy atom. The monoisotopic (exact) mass is 313 g/mol. The Morgan fingerprint density at radius 3 is 2.64 bits per heavy atom. The molecule has 0 radical (unpaired) electrons. The summed E-state index contributed by atoms with van der Waals surface area (Å²) in [4.78, 5) is 0. The van der Waals surface area contributed by atoms with Crippen molar-refractivity contribution in [3.8, 4) is 0 Å². The summed E-state index contributed by atoms with van der Waals surface area (Å²) in [6.07, 6.45) is 6.42. The lowest BCUT2D eigenvalue weighted by atomic mass is 10.0. The molecular formula is C20H24ClN. The molecule has 0 saturated carbocycles. The molecule has 0 aliphatic rings. The molecule has 116 valence electrons. The fourth-order valence-electron chi connectivity index (χ4n) is 2.49. The van der Waals surface area contributed by atoms with Gasteiger partial charge in [0, 0.05) is 10.7 Å². The summed E-state index contributed by atoms with van der Waals surface area (Å²) in [5.41, 5.74) is 4.78. The van der Waals surface area contributed by atoms with Crippen molar-refractivity contribution in [2.75, 3.05) is 5.32 Å². The summed E-state index contributed by atoms with van der Waals surface area (Å²) in [5, 5.41) is 4.46. The van der Waals surface area contributed by atoms with E-state index in [0.29, 0.717) is 6.04 Å². The first-order valence-electron chi connectivity index (χ1n) is 7.93. The molecule has 0 amide bonds. The maximum atomic E-state index is 6.13. The Hall–Kier alpha value is -1.73. The van der Waals surface area contributed by atoms with Crippen LogP contribution >= 0.6 is 11.6 Å². The molecular weight excluding hydrogens is 290 g/mol. The average Bonchev–Trinajstić information content (AvgIpc) is 2.54. The molecule has 0 heterocycles. The second-order valence-corrected chi connectivity index (χ2v) is 5.96. The lowest BCUT2D eigenvalue weighted by Crippen LogP contribution is -2.10. The van der Waals surface area contributed by atoms with Gasteiger partial charge in [-0.2, -0.15) is 0 Å². The van der Waals surface area contributed by atoms with Crippen molar-refractivity contribution >= 4 is 23.4 Å². The maximum absolute atomic E-state index is 6.13. The van der Waals surface area contributed by atoms with Crippen LogP contribution in [0, 0.1) is 6.92 Å². The molecule has 0 aromatic heterocycles. The van der Waals surface area contributed by atoms with E-state index in [1.807, 2.05) is 6.07 Å². The van der Waals surface area contributed by atoms with E-state index in [0.717, 1.165) is 29.1 Å². The zero-order valence-corrected chi connectivity index (χ0v) is 14.3. The molecule has 1 atom stereocenters. The van der Waals surface area contributed by atoms with E-state index in [-0.39, 0.29) is 0 Å². The zero-order chi connectivity index (χ0) is 15.9. The molecule has 2 aromatic rings. The van der Waals surface area contributed by atoms with Crippen molar-refractivity contribution in [3.05, 3.63) is 70.3 Å². The normalized spacial score (nSPS) is 12.5. The van der Waals surface area contributed by atoms with Gasteiger partial charge >= 0.3 is 0 Å². The SMILES string of the molecule is CCC=Cc1cccc(NC(CC)c2ccc(Cl)c(C)c2)c1. The molecule has 2 heteroatoms. The number of rotatable bonds is 6. The third-order valence-corrected chi connectivity index (χ3v) is 4.19. The first kappa shape index (κ1) is 16.6. The highest BCUT2D eigenvalue weighted by atomic mass is 35.5. The molecule has 0 spiro atoms. The summed E-state index contributed by atoms with van der Waals surface area (Å²) in [6.45, 7) is 6.39. The quantitative estimate of drug-likeness (QED) is 0.630. The Labute approximate surface area is 139 Å². The third kappa shape index (κ3) is 4.38. The van der Waals surface area contributed by atoms with E-state index in [2.05, 4.69) is 74.6 Å². The van der Waals surface area contributed by atoms with Gasteiger partial charge in [0.25, 0.3) is 0 Å². The number of anilines is 1. The van der Waals surface area contributed by atoms with Crippen LogP contribution in [-0.4, -0.2) is 0 Å². The van der Waals surface area contributed by atoms with Gasteiger partial charge in [0.2, 0.25) is 0 Å². The lowest BCUT2D eigenvalue weighted by Gasteiger charge is -2.20. The van der Waals surface area contributed by atoms with Crippen LogP contribution in [-0.2, 0) is 0 Å². The Kier molecular flexibility index (Phi) is 6.09. The van der Waals surface area contributed by atoms with Crippen molar-refractivity contribution in [2.24, 2.45) is 0 Å². The molecule has 0 saturated heterocycles. The first-order valence-corrected chi connectivity index (χ1v) is 8.31. The Bertz CT molecular complexity index is 646. The number of hydrogen-bond donors (Lipinski definition) is 1. The summed E-state index contributed by atoms with van der Waals surface area (Å²) >= 11 is 6.13. The van der Waals surface area contributed by atoms with Gasteiger partial charge in [0.1, 0.15) is 0 Å². The van der Waals surface area contributed by atoms with E-state index in [4.69, 9.17) is 11.6 Å². The van der Waals surface area contributed by atoms with E-state index in [1.54, 1.807) is 0 Å². The van der Waals surface area contributed by atoms with Crippen LogP contribution in [0.2, 0.25) is 5.02 Å². The molecule has 0 fully saturated rings. The summed E-state index contributed by atoms with van der Waals surface area (Å²) in [7, 11) is 0. The zero-order valence-electron chi connectivity index (χ0n) is 13.6. The Morgan fingerprint density at radius 2 is 1.95 bits per heavy atom. The number of benzene rings is 2. The minimum absolute atomic E-state index is 0.293. The van der Waals surface area contributed by atoms with Gasteiger partial charge in [-0.05, 0) is 54.7 Å². The fraction of sp³-hybridized carbons (Fsp3) is 0.300. The van der Waals surface area contributed by atoms with Crippen LogP contribution in [0.5, 0.6) is 0 Å². The lowest BCUT2D eigenvalue weighted by molar-refractivity contribution is 0.748. The van der Waals surface area contributed by atoms with E-state index < -0.39 is 0 Å². The Balaban J connectivity index is 2.19. The van der Waals surface area contributed by atoms with Crippen molar-refractivity contribution in [1.29, 1.82) is 0 Å². The highest BCUT2D eigenvalue weighted by Gasteiger charge is 2.10. The molecule has 1 N–H and O–H groups in total. The molecule has 0 aliphatic heterocycles.